The Bertz CT molecular complexity index is 269. The van der Waals surface area contributed by atoms with Crippen molar-refractivity contribution in [1.82, 2.24) is 10.2 Å². The first kappa shape index (κ1) is 13.9. The molecule has 0 bridgehead atoms. The molecular formula is C17H32N2. The van der Waals surface area contributed by atoms with E-state index in [0.717, 1.165) is 29.7 Å². The second-order valence-electron chi connectivity index (χ2n) is 7.94. The summed E-state index contributed by atoms with van der Waals surface area (Å²) in [6, 6.07) is 0.775. The van der Waals surface area contributed by atoms with Gasteiger partial charge in [0.2, 0.25) is 0 Å². The molecule has 3 aliphatic rings. The first-order valence-corrected chi connectivity index (χ1v) is 8.64. The van der Waals surface area contributed by atoms with Crippen molar-refractivity contribution in [3.8, 4) is 0 Å². The minimum atomic E-state index is 0.775. The van der Waals surface area contributed by atoms with Crippen LogP contribution in [0.15, 0.2) is 0 Å². The summed E-state index contributed by atoms with van der Waals surface area (Å²) < 4.78 is 0. The first-order chi connectivity index (χ1) is 9.19. The molecule has 2 heteroatoms. The fourth-order valence-corrected chi connectivity index (χ4v) is 3.77. The van der Waals surface area contributed by atoms with Crippen molar-refractivity contribution in [2.45, 2.75) is 58.4 Å². The van der Waals surface area contributed by atoms with E-state index in [0.29, 0.717) is 0 Å². The Morgan fingerprint density at radius 2 is 1.74 bits per heavy atom. The van der Waals surface area contributed by atoms with Gasteiger partial charge in [0.1, 0.15) is 0 Å². The number of nitrogens with one attached hydrogen (secondary N) is 1. The molecule has 2 aliphatic carbocycles. The molecule has 1 aliphatic heterocycles. The van der Waals surface area contributed by atoms with Crippen LogP contribution in [0.3, 0.4) is 0 Å². The summed E-state index contributed by atoms with van der Waals surface area (Å²) in [6.07, 6.45) is 8.93. The van der Waals surface area contributed by atoms with Crippen LogP contribution < -0.4 is 5.32 Å². The molecule has 1 saturated heterocycles. The lowest BCUT2D eigenvalue weighted by Gasteiger charge is -2.39. The zero-order chi connectivity index (χ0) is 13.2. The SMILES string of the molecule is CC(C)CN1CC(CC2CC2)CC(NCC2CC2)C1. The molecule has 0 radical (unpaired) electrons. The van der Waals surface area contributed by atoms with Crippen LogP contribution in [0.5, 0.6) is 0 Å². The van der Waals surface area contributed by atoms with Crippen LogP contribution in [-0.4, -0.2) is 37.1 Å². The molecule has 0 spiro atoms. The van der Waals surface area contributed by atoms with E-state index in [1.54, 1.807) is 0 Å². The number of nitrogens with zero attached hydrogens (tertiary/aromatic N) is 1. The lowest BCUT2D eigenvalue weighted by molar-refractivity contribution is 0.120. The first-order valence-electron chi connectivity index (χ1n) is 8.64. The summed E-state index contributed by atoms with van der Waals surface area (Å²) in [7, 11) is 0. The van der Waals surface area contributed by atoms with Crippen LogP contribution in [-0.2, 0) is 0 Å². The van der Waals surface area contributed by atoms with E-state index < -0.39 is 0 Å². The van der Waals surface area contributed by atoms with Crippen molar-refractivity contribution in [1.29, 1.82) is 0 Å². The topological polar surface area (TPSA) is 15.3 Å². The largest absolute Gasteiger partial charge is 0.312 e. The lowest BCUT2D eigenvalue weighted by Crippen LogP contribution is -2.50. The van der Waals surface area contributed by atoms with Crippen LogP contribution >= 0.6 is 0 Å². The highest BCUT2D eigenvalue weighted by molar-refractivity contribution is 4.88. The van der Waals surface area contributed by atoms with Gasteiger partial charge in [-0.25, -0.2) is 0 Å². The van der Waals surface area contributed by atoms with Crippen molar-refractivity contribution in [2.24, 2.45) is 23.7 Å². The third kappa shape index (κ3) is 4.75. The highest BCUT2D eigenvalue weighted by atomic mass is 15.2. The smallest absolute Gasteiger partial charge is 0.0198 e. The molecule has 3 rings (SSSR count). The third-order valence-electron chi connectivity index (χ3n) is 4.99. The summed E-state index contributed by atoms with van der Waals surface area (Å²) in [4.78, 5) is 2.74. The van der Waals surface area contributed by atoms with Gasteiger partial charge in [0.05, 0.1) is 0 Å². The van der Waals surface area contributed by atoms with Crippen LogP contribution in [0.4, 0.5) is 0 Å². The lowest BCUT2D eigenvalue weighted by atomic mass is 9.89. The standard InChI is InChI=1S/C17H32N2/c1-13(2)10-19-11-16(7-14-3-4-14)8-17(12-19)18-9-15-5-6-15/h13-18H,3-12H2,1-2H3. The van der Waals surface area contributed by atoms with Crippen molar-refractivity contribution in [3.63, 3.8) is 0 Å². The summed E-state index contributed by atoms with van der Waals surface area (Å²) >= 11 is 0. The van der Waals surface area contributed by atoms with Gasteiger partial charge in [-0.2, -0.15) is 0 Å². The highest BCUT2D eigenvalue weighted by Crippen LogP contribution is 2.38. The molecule has 2 atom stereocenters. The Kier molecular flexibility index (Phi) is 4.48. The number of rotatable bonds is 7. The molecular weight excluding hydrogens is 232 g/mol. The molecule has 1 N–H and O–H groups in total. The van der Waals surface area contributed by atoms with Gasteiger partial charge in [0, 0.05) is 25.7 Å². The number of likely N-dealkylation sites (tertiary alicyclic amines) is 1. The fraction of sp³-hybridized carbons (Fsp3) is 1.00. The van der Waals surface area contributed by atoms with E-state index in [-0.39, 0.29) is 0 Å². The van der Waals surface area contributed by atoms with Crippen molar-refractivity contribution >= 4 is 0 Å². The quantitative estimate of drug-likeness (QED) is 0.760. The molecule has 2 nitrogen and oxygen atoms in total. The van der Waals surface area contributed by atoms with Gasteiger partial charge in [-0.05, 0) is 55.9 Å². The molecule has 110 valence electrons. The van der Waals surface area contributed by atoms with E-state index in [9.17, 15) is 0 Å². The van der Waals surface area contributed by atoms with Crippen molar-refractivity contribution in [3.05, 3.63) is 0 Å². The Morgan fingerprint density at radius 1 is 1.00 bits per heavy atom. The third-order valence-corrected chi connectivity index (χ3v) is 4.99. The average Bonchev–Trinajstić information content (AvgIpc) is 3.20. The molecule has 0 aromatic carbocycles. The molecule has 3 fully saturated rings. The van der Waals surface area contributed by atoms with Crippen LogP contribution in [0.25, 0.3) is 0 Å². The summed E-state index contributed by atoms with van der Waals surface area (Å²) in [6.45, 7) is 9.97. The zero-order valence-corrected chi connectivity index (χ0v) is 12.9. The minimum absolute atomic E-state index is 0.775. The van der Waals surface area contributed by atoms with E-state index in [4.69, 9.17) is 0 Å². The predicted octanol–water partition coefficient (Wildman–Crippen LogP) is 3.13. The molecule has 2 unspecified atom stereocenters. The second-order valence-corrected chi connectivity index (χ2v) is 7.94. The second kappa shape index (κ2) is 6.13. The fourth-order valence-electron chi connectivity index (χ4n) is 3.77. The maximum atomic E-state index is 3.87. The number of hydrogen-bond donors (Lipinski definition) is 1. The Morgan fingerprint density at radius 3 is 2.37 bits per heavy atom. The van der Waals surface area contributed by atoms with Gasteiger partial charge < -0.3 is 10.2 Å². The highest BCUT2D eigenvalue weighted by Gasteiger charge is 2.32. The molecule has 0 amide bonds. The zero-order valence-electron chi connectivity index (χ0n) is 12.9. The Balaban J connectivity index is 1.49. The molecule has 0 aromatic rings. The van der Waals surface area contributed by atoms with Gasteiger partial charge in [-0.15, -0.1) is 0 Å². The molecule has 2 saturated carbocycles. The maximum Gasteiger partial charge on any atom is 0.0198 e. The van der Waals surface area contributed by atoms with Crippen LogP contribution in [0.2, 0.25) is 0 Å². The van der Waals surface area contributed by atoms with Crippen molar-refractivity contribution in [2.75, 3.05) is 26.2 Å². The van der Waals surface area contributed by atoms with Crippen LogP contribution in [0.1, 0.15) is 52.4 Å². The van der Waals surface area contributed by atoms with Gasteiger partial charge in [-0.1, -0.05) is 26.7 Å². The van der Waals surface area contributed by atoms with Gasteiger partial charge >= 0.3 is 0 Å². The normalized spacial score (nSPS) is 33.0. The van der Waals surface area contributed by atoms with Gasteiger partial charge in [0.25, 0.3) is 0 Å². The number of hydrogen-bond acceptors (Lipinski definition) is 2. The average molecular weight is 264 g/mol. The van der Waals surface area contributed by atoms with Gasteiger partial charge in [0.15, 0.2) is 0 Å². The summed E-state index contributed by atoms with van der Waals surface area (Å²) in [5.74, 6) is 3.89. The van der Waals surface area contributed by atoms with Gasteiger partial charge in [-0.3, -0.25) is 0 Å². The van der Waals surface area contributed by atoms with Crippen molar-refractivity contribution < 1.29 is 0 Å². The molecule has 19 heavy (non-hydrogen) atoms. The molecule has 0 aromatic heterocycles. The monoisotopic (exact) mass is 264 g/mol. The Hall–Kier alpha value is -0.0800. The van der Waals surface area contributed by atoms with E-state index in [1.165, 1.54) is 64.7 Å². The van der Waals surface area contributed by atoms with E-state index in [1.807, 2.05) is 0 Å². The maximum absolute atomic E-state index is 3.87. The summed E-state index contributed by atoms with van der Waals surface area (Å²) in [5, 5.41) is 3.87. The summed E-state index contributed by atoms with van der Waals surface area (Å²) in [5.41, 5.74) is 0. The predicted molar refractivity (Wildman–Crippen MR) is 81.2 cm³/mol. The van der Waals surface area contributed by atoms with E-state index >= 15 is 0 Å². The Labute approximate surface area is 119 Å². The number of piperidine rings is 1. The molecule has 1 heterocycles. The van der Waals surface area contributed by atoms with Crippen LogP contribution in [0, 0.1) is 23.7 Å². The minimum Gasteiger partial charge on any atom is -0.312 e. The van der Waals surface area contributed by atoms with E-state index in [2.05, 4.69) is 24.1 Å².